The van der Waals surface area contributed by atoms with Gasteiger partial charge in [-0.05, 0) is 36.8 Å². The van der Waals surface area contributed by atoms with Crippen molar-refractivity contribution in [2.75, 3.05) is 11.1 Å². The van der Waals surface area contributed by atoms with Crippen molar-refractivity contribution >= 4 is 39.3 Å². The molecule has 1 saturated heterocycles. The second-order valence-corrected chi connectivity index (χ2v) is 6.37. The van der Waals surface area contributed by atoms with E-state index in [-0.39, 0.29) is 11.2 Å². The Kier molecular flexibility index (Phi) is 4.67. The summed E-state index contributed by atoms with van der Waals surface area (Å²) in [5.41, 5.74) is 1.08. The Morgan fingerprint density at radius 3 is 3.00 bits per heavy atom. The maximum Gasteiger partial charge on any atom is 0.237 e. The van der Waals surface area contributed by atoms with Crippen molar-refractivity contribution < 1.29 is 4.79 Å². The lowest BCUT2D eigenvalue weighted by Gasteiger charge is -2.20. The molecule has 94 valence electrons. The zero-order valence-electron chi connectivity index (χ0n) is 9.78. The van der Waals surface area contributed by atoms with E-state index in [9.17, 15) is 4.79 Å². The minimum Gasteiger partial charge on any atom is -0.324 e. The molecule has 0 saturated carbocycles. The standard InChI is InChI=1S/C13H13BrN2OS/c14-10-4-5-11(9(7-10)8-15)16-13(17)12-3-1-2-6-18-12/h4-5,7,12H,1-3,6H2,(H,16,17). The van der Waals surface area contributed by atoms with Gasteiger partial charge in [-0.25, -0.2) is 0 Å². The molecule has 0 aliphatic carbocycles. The SMILES string of the molecule is N#Cc1cc(Br)ccc1NC(=O)C1CCCCS1. The number of anilines is 1. The topological polar surface area (TPSA) is 52.9 Å². The second kappa shape index (κ2) is 6.26. The zero-order chi connectivity index (χ0) is 13.0. The molecule has 1 aliphatic rings. The summed E-state index contributed by atoms with van der Waals surface area (Å²) in [6.07, 6.45) is 3.22. The van der Waals surface area contributed by atoms with Gasteiger partial charge in [-0.3, -0.25) is 4.79 Å². The van der Waals surface area contributed by atoms with Crippen molar-refractivity contribution in [3.63, 3.8) is 0 Å². The lowest BCUT2D eigenvalue weighted by molar-refractivity contribution is -0.115. The number of carbonyl (C=O) groups excluding carboxylic acids is 1. The van der Waals surface area contributed by atoms with Crippen molar-refractivity contribution in [1.82, 2.24) is 0 Å². The fraction of sp³-hybridized carbons (Fsp3) is 0.385. The van der Waals surface area contributed by atoms with Crippen LogP contribution >= 0.6 is 27.7 Å². The van der Waals surface area contributed by atoms with Gasteiger partial charge < -0.3 is 5.32 Å². The predicted molar refractivity (Wildman–Crippen MR) is 77.6 cm³/mol. The number of halogens is 1. The molecule has 0 bridgehead atoms. The van der Waals surface area contributed by atoms with E-state index in [1.165, 1.54) is 6.42 Å². The molecular weight excluding hydrogens is 312 g/mol. The monoisotopic (exact) mass is 324 g/mol. The zero-order valence-corrected chi connectivity index (χ0v) is 12.2. The summed E-state index contributed by atoms with van der Waals surface area (Å²) in [6.45, 7) is 0. The smallest absolute Gasteiger partial charge is 0.237 e. The quantitative estimate of drug-likeness (QED) is 0.905. The lowest BCUT2D eigenvalue weighted by atomic mass is 10.1. The molecule has 3 nitrogen and oxygen atoms in total. The Hall–Kier alpha value is -0.990. The highest BCUT2D eigenvalue weighted by Crippen LogP contribution is 2.27. The van der Waals surface area contributed by atoms with Crippen LogP contribution in [0.5, 0.6) is 0 Å². The number of nitrogens with zero attached hydrogens (tertiary/aromatic N) is 1. The maximum absolute atomic E-state index is 12.1. The fourth-order valence-corrected chi connectivity index (χ4v) is 3.44. The molecule has 18 heavy (non-hydrogen) atoms. The van der Waals surface area contributed by atoms with E-state index in [4.69, 9.17) is 5.26 Å². The third-order valence-corrected chi connectivity index (χ3v) is 4.70. The average molecular weight is 325 g/mol. The lowest BCUT2D eigenvalue weighted by Crippen LogP contribution is -2.27. The Balaban J connectivity index is 2.09. The van der Waals surface area contributed by atoms with E-state index in [1.54, 1.807) is 23.9 Å². The van der Waals surface area contributed by atoms with Gasteiger partial charge in [0, 0.05) is 4.47 Å². The summed E-state index contributed by atoms with van der Waals surface area (Å²) in [4.78, 5) is 12.1. The average Bonchev–Trinajstić information content (AvgIpc) is 2.41. The van der Waals surface area contributed by atoms with Gasteiger partial charge >= 0.3 is 0 Å². The Morgan fingerprint density at radius 2 is 2.33 bits per heavy atom. The summed E-state index contributed by atoms with van der Waals surface area (Å²) < 4.78 is 0.837. The number of carbonyl (C=O) groups is 1. The number of rotatable bonds is 2. The third-order valence-electron chi connectivity index (χ3n) is 2.83. The molecule has 2 rings (SSSR count). The molecule has 1 atom stereocenters. The number of amides is 1. The molecule has 1 amide bonds. The van der Waals surface area contributed by atoms with Crippen LogP contribution in [0.3, 0.4) is 0 Å². The molecule has 1 aromatic carbocycles. The summed E-state index contributed by atoms with van der Waals surface area (Å²) in [7, 11) is 0. The molecule has 1 N–H and O–H groups in total. The highest BCUT2D eigenvalue weighted by molar-refractivity contribution is 9.10. The molecule has 1 aromatic rings. The number of hydrogen-bond acceptors (Lipinski definition) is 3. The minimum atomic E-state index is 0.0125. The molecule has 0 spiro atoms. The van der Waals surface area contributed by atoms with Crippen molar-refractivity contribution in [3.8, 4) is 6.07 Å². The van der Waals surface area contributed by atoms with Gasteiger partial charge in [0.25, 0.3) is 0 Å². The number of nitrogens with one attached hydrogen (secondary N) is 1. The van der Waals surface area contributed by atoms with Gasteiger partial charge in [0.15, 0.2) is 0 Å². The van der Waals surface area contributed by atoms with E-state index in [2.05, 4.69) is 27.3 Å². The third kappa shape index (κ3) is 3.27. The summed E-state index contributed by atoms with van der Waals surface area (Å²) in [5, 5.41) is 11.9. The molecular formula is C13H13BrN2OS. The number of hydrogen-bond donors (Lipinski definition) is 1. The van der Waals surface area contributed by atoms with E-state index >= 15 is 0 Å². The molecule has 1 heterocycles. The summed E-state index contributed by atoms with van der Waals surface area (Å²) in [5.74, 6) is 1.06. The maximum atomic E-state index is 12.1. The van der Waals surface area contributed by atoms with Crippen molar-refractivity contribution in [2.24, 2.45) is 0 Å². The highest BCUT2D eigenvalue weighted by atomic mass is 79.9. The van der Waals surface area contributed by atoms with Crippen LogP contribution in [0.1, 0.15) is 24.8 Å². The van der Waals surface area contributed by atoms with E-state index in [1.807, 2.05) is 6.07 Å². The van der Waals surface area contributed by atoms with Crippen LogP contribution in [0, 0.1) is 11.3 Å². The summed E-state index contributed by atoms with van der Waals surface area (Å²) >= 11 is 5.01. The van der Waals surface area contributed by atoms with Crippen LogP contribution in [0.2, 0.25) is 0 Å². The van der Waals surface area contributed by atoms with Crippen molar-refractivity contribution in [2.45, 2.75) is 24.5 Å². The number of nitriles is 1. The molecule has 1 fully saturated rings. The fourth-order valence-electron chi connectivity index (χ4n) is 1.88. The Morgan fingerprint density at radius 1 is 1.50 bits per heavy atom. The van der Waals surface area contributed by atoms with Crippen LogP contribution in [0.4, 0.5) is 5.69 Å². The largest absolute Gasteiger partial charge is 0.324 e. The number of thioether (sulfide) groups is 1. The van der Waals surface area contributed by atoms with Gasteiger partial charge in [0.2, 0.25) is 5.91 Å². The minimum absolute atomic E-state index is 0.0125. The van der Waals surface area contributed by atoms with Crippen LogP contribution < -0.4 is 5.32 Å². The van der Waals surface area contributed by atoms with Crippen LogP contribution in [0.25, 0.3) is 0 Å². The van der Waals surface area contributed by atoms with Gasteiger partial charge in [0.1, 0.15) is 6.07 Å². The molecule has 1 aliphatic heterocycles. The van der Waals surface area contributed by atoms with Gasteiger partial charge in [-0.1, -0.05) is 22.4 Å². The molecule has 0 aromatic heterocycles. The van der Waals surface area contributed by atoms with Gasteiger partial charge in [-0.15, -0.1) is 11.8 Å². The first-order chi connectivity index (χ1) is 8.70. The first-order valence-electron chi connectivity index (χ1n) is 5.83. The second-order valence-electron chi connectivity index (χ2n) is 4.15. The first kappa shape index (κ1) is 13.4. The van der Waals surface area contributed by atoms with E-state index in [0.717, 1.165) is 23.1 Å². The summed E-state index contributed by atoms with van der Waals surface area (Å²) in [6, 6.07) is 7.39. The predicted octanol–water partition coefficient (Wildman–Crippen LogP) is 3.54. The molecule has 1 unspecified atom stereocenters. The van der Waals surface area contributed by atoms with Crippen molar-refractivity contribution in [3.05, 3.63) is 28.2 Å². The van der Waals surface area contributed by atoms with Crippen LogP contribution in [-0.4, -0.2) is 16.9 Å². The van der Waals surface area contributed by atoms with Crippen LogP contribution in [0.15, 0.2) is 22.7 Å². The van der Waals surface area contributed by atoms with Gasteiger partial charge in [0.05, 0.1) is 16.5 Å². The number of benzene rings is 1. The normalized spacial score (nSPS) is 19.0. The van der Waals surface area contributed by atoms with E-state index < -0.39 is 0 Å². The van der Waals surface area contributed by atoms with Crippen LogP contribution in [-0.2, 0) is 4.79 Å². The Labute approximate surface area is 119 Å². The van der Waals surface area contributed by atoms with Gasteiger partial charge in [-0.2, -0.15) is 5.26 Å². The van der Waals surface area contributed by atoms with E-state index in [0.29, 0.717) is 11.3 Å². The molecule has 0 radical (unpaired) electrons. The highest BCUT2D eigenvalue weighted by Gasteiger charge is 2.22. The Bertz CT molecular complexity index is 492. The first-order valence-corrected chi connectivity index (χ1v) is 7.67. The molecule has 5 heteroatoms. The van der Waals surface area contributed by atoms with Crippen molar-refractivity contribution in [1.29, 1.82) is 5.26 Å².